The van der Waals surface area contributed by atoms with E-state index in [4.69, 9.17) is 11.6 Å². The summed E-state index contributed by atoms with van der Waals surface area (Å²) in [5, 5.41) is 3.88. The van der Waals surface area contributed by atoms with Crippen molar-refractivity contribution in [3.63, 3.8) is 0 Å². The van der Waals surface area contributed by atoms with E-state index in [1.165, 1.54) is 6.07 Å². The summed E-state index contributed by atoms with van der Waals surface area (Å²) in [5.41, 5.74) is 1.24. The fourth-order valence-corrected chi connectivity index (χ4v) is 2.90. The van der Waals surface area contributed by atoms with Crippen molar-refractivity contribution in [2.75, 3.05) is 5.32 Å². The molecule has 0 aliphatic rings. The highest BCUT2D eigenvalue weighted by Crippen LogP contribution is 2.18. The van der Waals surface area contributed by atoms with Gasteiger partial charge in [0.05, 0.1) is 5.52 Å². The Balaban J connectivity index is 1.89. The van der Waals surface area contributed by atoms with Gasteiger partial charge in [0, 0.05) is 32.8 Å². The second-order valence-corrected chi connectivity index (χ2v) is 6.38. The monoisotopic (exact) mass is 390 g/mol. The highest BCUT2D eigenvalue weighted by atomic mass is 79.9. The van der Waals surface area contributed by atoms with Gasteiger partial charge in [0.1, 0.15) is 6.54 Å². The third-order valence-electron chi connectivity index (χ3n) is 3.36. The van der Waals surface area contributed by atoms with Gasteiger partial charge in [-0.2, -0.15) is 0 Å². The molecule has 0 aliphatic heterocycles. The minimum absolute atomic E-state index is 0.0869. The average Bonchev–Trinajstić information content (AvgIpc) is 2.50. The number of aromatic nitrogens is 1. The van der Waals surface area contributed by atoms with Crippen LogP contribution in [0.4, 0.5) is 5.69 Å². The fourth-order valence-electron chi connectivity index (χ4n) is 2.34. The van der Waals surface area contributed by atoms with E-state index < -0.39 is 0 Å². The molecule has 116 valence electrons. The van der Waals surface area contributed by atoms with Gasteiger partial charge in [-0.25, -0.2) is 0 Å². The number of benzene rings is 2. The van der Waals surface area contributed by atoms with Crippen LogP contribution in [0, 0.1) is 0 Å². The summed E-state index contributed by atoms with van der Waals surface area (Å²) >= 11 is 9.37. The maximum Gasteiger partial charge on any atom is 0.244 e. The summed E-state index contributed by atoms with van der Waals surface area (Å²) in [7, 11) is 0. The standard InChI is InChI=1S/C17H12BrClN2O2/c18-11-2-1-3-13(8-11)20-17(23)10-21-7-6-16(22)14-5-4-12(19)9-15(14)21/h1-9H,10H2,(H,20,23). The van der Waals surface area contributed by atoms with Crippen molar-refractivity contribution in [3.05, 3.63) is 74.4 Å². The van der Waals surface area contributed by atoms with Crippen LogP contribution in [0.2, 0.25) is 5.02 Å². The SMILES string of the molecule is O=C(Cn1ccc(=O)c2ccc(Cl)cc21)Nc1cccc(Br)c1. The van der Waals surface area contributed by atoms with Crippen LogP contribution in [-0.2, 0) is 11.3 Å². The van der Waals surface area contributed by atoms with E-state index in [1.54, 1.807) is 29.0 Å². The number of carbonyl (C=O) groups is 1. The fraction of sp³-hybridized carbons (Fsp3) is 0.0588. The molecular weight excluding hydrogens is 380 g/mol. The van der Waals surface area contributed by atoms with Gasteiger partial charge < -0.3 is 9.88 Å². The lowest BCUT2D eigenvalue weighted by molar-refractivity contribution is -0.116. The smallest absolute Gasteiger partial charge is 0.244 e. The molecule has 0 fully saturated rings. The molecule has 0 aliphatic carbocycles. The lowest BCUT2D eigenvalue weighted by atomic mass is 10.2. The molecule has 3 rings (SSSR count). The first-order chi connectivity index (χ1) is 11.0. The van der Waals surface area contributed by atoms with Gasteiger partial charge in [0.2, 0.25) is 5.91 Å². The van der Waals surface area contributed by atoms with Crippen LogP contribution in [0.1, 0.15) is 0 Å². The van der Waals surface area contributed by atoms with Crippen molar-refractivity contribution in [1.29, 1.82) is 0 Å². The Morgan fingerprint density at radius 1 is 1.17 bits per heavy atom. The van der Waals surface area contributed by atoms with Crippen molar-refractivity contribution in [1.82, 2.24) is 4.57 Å². The number of hydrogen-bond acceptors (Lipinski definition) is 2. The van der Waals surface area contributed by atoms with Gasteiger partial charge in [0.15, 0.2) is 5.43 Å². The highest BCUT2D eigenvalue weighted by molar-refractivity contribution is 9.10. The summed E-state index contributed by atoms with van der Waals surface area (Å²) in [4.78, 5) is 24.1. The van der Waals surface area contributed by atoms with Gasteiger partial charge in [-0.05, 0) is 36.4 Å². The predicted molar refractivity (Wildman–Crippen MR) is 96.0 cm³/mol. The van der Waals surface area contributed by atoms with Crippen LogP contribution in [0.25, 0.3) is 10.9 Å². The predicted octanol–water partition coefficient (Wildman–Crippen LogP) is 4.06. The maximum absolute atomic E-state index is 12.2. The summed E-state index contributed by atoms with van der Waals surface area (Å²) in [5.74, 6) is -0.187. The molecule has 1 aromatic heterocycles. The van der Waals surface area contributed by atoms with E-state index in [1.807, 2.05) is 24.3 Å². The first-order valence-corrected chi connectivity index (χ1v) is 8.04. The van der Waals surface area contributed by atoms with Crippen LogP contribution < -0.4 is 10.7 Å². The molecule has 2 aromatic carbocycles. The molecule has 4 nitrogen and oxygen atoms in total. The van der Waals surface area contributed by atoms with Crippen LogP contribution >= 0.6 is 27.5 Å². The summed E-state index contributed by atoms with van der Waals surface area (Å²) < 4.78 is 2.59. The molecule has 0 saturated carbocycles. The van der Waals surface area contributed by atoms with Gasteiger partial charge in [-0.15, -0.1) is 0 Å². The third-order valence-corrected chi connectivity index (χ3v) is 4.09. The van der Waals surface area contributed by atoms with Gasteiger partial charge in [0.25, 0.3) is 0 Å². The van der Waals surface area contributed by atoms with E-state index in [0.717, 1.165) is 4.47 Å². The first-order valence-electron chi connectivity index (χ1n) is 6.87. The average molecular weight is 392 g/mol. The van der Waals surface area contributed by atoms with Crippen LogP contribution in [-0.4, -0.2) is 10.5 Å². The molecular formula is C17H12BrClN2O2. The molecule has 0 spiro atoms. The van der Waals surface area contributed by atoms with Crippen molar-refractivity contribution >= 4 is 50.0 Å². The number of rotatable bonds is 3. The lowest BCUT2D eigenvalue weighted by Crippen LogP contribution is -2.20. The molecule has 6 heteroatoms. The molecule has 3 aromatic rings. The Morgan fingerprint density at radius 3 is 2.78 bits per heavy atom. The topological polar surface area (TPSA) is 51.1 Å². The molecule has 0 radical (unpaired) electrons. The Kier molecular flexibility index (Phi) is 4.50. The summed E-state index contributed by atoms with van der Waals surface area (Å²) in [6.07, 6.45) is 1.60. The number of halogens is 2. The van der Waals surface area contributed by atoms with Crippen LogP contribution in [0.3, 0.4) is 0 Å². The zero-order valence-electron chi connectivity index (χ0n) is 11.9. The van der Waals surface area contributed by atoms with E-state index in [-0.39, 0.29) is 17.9 Å². The second-order valence-electron chi connectivity index (χ2n) is 5.03. The Bertz CT molecular complexity index is 953. The summed E-state index contributed by atoms with van der Waals surface area (Å²) in [6.45, 7) is 0.0869. The van der Waals surface area contributed by atoms with Gasteiger partial charge in [-0.3, -0.25) is 9.59 Å². The van der Waals surface area contributed by atoms with E-state index in [2.05, 4.69) is 21.2 Å². The first kappa shape index (κ1) is 15.8. The number of pyridine rings is 1. The molecule has 0 saturated heterocycles. The number of fused-ring (bicyclic) bond motifs is 1. The van der Waals surface area contributed by atoms with E-state index in [9.17, 15) is 9.59 Å². The number of carbonyl (C=O) groups excluding carboxylic acids is 1. The number of nitrogens with one attached hydrogen (secondary N) is 1. The Labute approximate surface area is 145 Å². The zero-order valence-corrected chi connectivity index (χ0v) is 14.3. The second kappa shape index (κ2) is 6.56. The molecule has 0 bridgehead atoms. The molecule has 0 atom stereocenters. The number of hydrogen-bond donors (Lipinski definition) is 1. The van der Waals surface area contributed by atoms with Crippen molar-refractivity contribution < 1.29 is 4.79 Å². The lowest BCUT2D eigenvalue weighted by Gasteiger charge is -2.11. The van der Waals surface area contributed by atoms with Gasteiger partial charge >= 0.3 is 0 Å². The van der Waals surface area contributed by atoms with Gasteiger partial charge in [-0.1, -0.05) is 33.6 Å². The van der Waals surface area contributed by atoms with Crippen molar-refractivity contribution in [3.8, 4) is 0 Å². The minimum Gasteiger partial charge on any atom is -0.338 e. The third kappa shape index (κ3) is 3.63. The molecule has 23 heavy (non-hydrogen) atoms. The quantitative estimate of drug-likeness (QED) is 0.732. The van der Waals surface area contributed by atoms with E-state index in [0.29, 0.717) is 21.6 Å². The minimum atomic E-state index is -0.187. The molecule has 1 N–H and O–H groups in total. The normalized spacial score (nSPS) is 10.7. The van der Waals surface area contributed by atoms with Crippen LogP contribution in [0.15, 0.2) is 64.0 Å². The summed E-state index contributed by atoms with van der Waals surface area (Å²) in [6, 6.07) is 13.8. The molecule has 1 heterocycles. The highest BCUT2D eigenvalue weighted by Gasteiger charge is 2.08. The maximum atomic E-state index is 12.2. The molecule has 1 amide bonds. The largest absolute Gasteiger partial charge is 0.338 e. The Morgan fingerprint density at radius 2 is 2.00 bits per heavy atom. The van der Waals surface area contributed by atoms with Crippen molar-refractivity contribution in [2.24, 2.45) is 0 Å². The van der Waals surface area contributed by atoms with Crippen molar-refractivity contribution in [2.45, 2.75) is 6.54 Å². The number of anilines is 1. The Hall–Kier alpha value is -2.11. The molecule has 0 unspecified atom stereocenters. The number of nitrogens with zero attached hydrogens (tertiary/aromatic N) is 1. The zero-order chi connectivity index (χ0) is 16.4. The van der Waals surface area contributed by atoms with E-state index >= 15 is 0 Å². The number of amides is 1. The van der Waals surface area contributed by atoms with Crippen LogP contribution in [0.5, 0.6) is 0 Å².